The van der Waals surface area contributed by atoms with Gasteiger partial charge in [-0.15, -0.1) is 0 Å². The quantitative estimate of drug-likeness (QED) is 0.458. The van der Waals surface area contributed by atoms with Crippen molar-refractivity contribution in [1.82, 2.24) is 4.90 Å². The molecule has 0 fully saturated rings. The van der Waals surface area contributed by atoms with Crippen LogP contribution < -0.4 is 0 Å². The van der Waals surface area contributed by atoms with Crippen molar-refractivity contribution in [3.63, 3.8) is 0 Å². The van der Waals surface area contributed by atoms with E-state index in [0.29, 0.717) is 0 Å². The number of nitrogens with zero attached hydrogens (tertiary/aromatic N) is 1. The molecule has 0 aliphatic rings. The highest BCUT2D eigenvalue weighted by Gasteiger charge is 1.94. The Morgan fingerprint density at radius 2 is 2.08 bits per heavy atom. The Bertz CT molecular complexity index is 143. The van der Waals surface area contributed by atoms with E-state index in [1.165, 1.54) is 12.8 Å². The Kier molecular flexibility index (Phi) is 9.05. The minimum absolute atomic E-state index is 0.257. The van der Waals surface area contributed by atoms with Crippen LogP contribution in [0.2, 0.25) is 0 Å². The third kappa shape index (κ3) is 9.31. The molecule has 0 amide bonds. The van der Waals surface area contributed by atoms with Crippen molar-refractivity contribution in [2.75, 3.05) is 26.7 Å². The minimum Gasteiger partial charge on any atom is -0.395 e. The molecule has 0 spiro atoms. The third-order valence-electron chi connectivity index (χ3n) is 1.91. The van der Waals surface area contributed by atoms with Gasteiger partial charge in [-0.25, -0.2) is 0 Å². The van der Waals surface area contributed by atoms with Gasteiger partial charge in [-0.3, -0.25) is 0 Å². The lowest BCUT2D eigenvalue weighted by Crippen LogP contribution is -2.23. The molecule has 2 nitrogen and oxygen atoms in total. The van der Waals surface area contributed by atoms with Crippen molar-refractivity contribution in [2.24, 2.45) is 0 Å². The van der Waals surface area contributed by atoms with E-state index in [4.69, 9.17) is 5.11 Å². The summed E-state index contributed by atoms with van der Waals surface area (Å²) in [5.41, 5.74) is 0. The van der Waals surface area contributed by atoms with E-state index in [9.17, 15) is 0 Å². The summed E-state index contributed by atoms with van der Waals surface area (Å²) in [7, 11) is 2.04. The second kappa shape index (κ2) is 9.49. The van der Waals surface area contributed by atoms with E-state index < -0.39 is 0 Å². The van der Waals surface area contributed by atoms with Crippen molar-refractivity contribution in [3.8, 4) is 0 Å². The lowest BCUT2D eigenvalue weighted by molar-refractivity contribution is 0.219. The van der Waals surface area contributed by atoms with Crippen LogP contribution in [-0.2, 0) is 0 Å². The molecule has 0 bridgehead atoms. The number of allylic oxidation sites excluding steroid dienone is 3. The monoisotopic (exact) mass is 183 g/mol. The third-order valence-corrected chi connectivity index (χ3v) is 1.91. The molecule has 76 valence electrons. The zero-order valence-electron chi connectivity index (χ0n) is 8.58. The Hall–Kier alpha value is -0.600. The Morgan fingerprint density at radius 1 is 1.31 bits per heavy atom. The maximum absolute atomic E-state index is 8.65. The SMILES string of the molecule is C=CC=CCCCCN(C)CCO. The highest BCUT2D eigenvalue weighted by Crippen LogP contribution is 1.98. The van der Waals surface area contributed by atoms with Gasteiger partial charge in [0.2, 0.25) is 0 Å². The fourth-order valence-electron chi connectivity index (χ4n) is 1.12. The number of likely N-dealkylation sites (N-methyl/N-ethyl adjacent to an activating group) is 1. The molecule has 0 radical (unpaired) electrons. The van der Waals surface area contributed by atoms with Crippen LogP contribution >= 0.6 is 0 Å². The normalized spacial score (nSPS) is 11.3. The summed E-state index contributed by atoms with van der Waals surface area (Å²) < 4.78 is 0. The van der Waals surface area contributed by atoms with Gasteiger partial charge in [0.05, 0.1) is 6.61 Å². The topological polar surface area (TPSA) is 23.5 Å². The average molecular weight is 183 g/mol. The van der Waals surface area contributed by atoms with Gasteiger partial charge in [-0.05, 0) is 32.9 Å². The summed E-state index contributed by atoms with van der Waals surface area (Å²) in [6.45, 7) is 5.72. The van der Waals surface area contributed by atoms with Crippen molar-refractivity contribution in [3.05, 3.63) is 24.8 Å². The van der Waals surface area contributed by atoms with Gasteiger partial charge in [0.1, 0.15) is 0 Å². The second-order valence-electron chi connectivity index (χ2n) is 3.19. The number of aliphatic hydroxyl groups is 1. The molecular formula is C11H21NO. The van der Waals surface area contributed by atoms with Gasteiger partial charge in [0.25, 0.3) is 0 Å². The largest absolute Gasteiger partial charge is 0.395 e. The van der Waals surface area contributed by atoms with Crippen LogP contribution in [0.25, 0.3) is 0 Å². The molecule has 1 N–H and O–H groups in total. The first-order valence-electron chi connectivity index (χ1n) is 4.88. The molecule has 13 heavy (non-hydrogen) atoms. The van der Waals surface area contributed by atoms with Gasteiger partial charge in [0, 0.05) is 6.54 Å². The Balaban J connectivity index is 3.15. The van der Waals surface area contributed by atoms with Gasteiger partial charge < -0.3 is 10.0 Å². The first-order chi connectivity index (χ1) is 6.31. The summed E-state index contributed by atoms with van der Waals surface area (Å²) in [6.07, 6.45) is 9.45. The standard InChI is InChI=1S/C11H21NO/c1-3-4-5-6-7-8-9-12(2)10-11-13/h3-5,13H,1,6-11H2,2H3. The van der Waals surface area contributed by atoms with Crippen molar-refractivity contribution in [1.29, 1.82) is 0 Å². The van der Waals surface area contributed by atoms with Gasteiger partial charge in [-0.2, -0.15) is 0 Å². The highest BCUT2D eigenvalue weighted by molar-refractivity contribution is 4.96. The molecule has 0 aliphatic heterocycles. The Morgan fingerprint density at radius 3 is 2.69 bits per heavy atom. The molecule has 2 heteroatoms. The average Bonchev–Trinajstić information content (AvgIpc) is 2.11. The van der Waals surface area contributed by atoms with Gasteiger partial charge in [-0.1, -0.05) is 24.8 Å². The lowest BCUT2D eigenvalue weighted by atomic mass is 10.2. The summed E-state index contributed by atoms with van der Waals surface area (Å²) in [5, 5.41) is 8.65. The summed E-state index contributed by atoms with van der Waals surface area (Å²) >= 11 is 0. The molecule has 0 unspecified atom stereocenters. The molecular weight excluding hydrogens is 162 g/mol. The lowest BCUT2D eigenvalue weighted by Gasteiger charge is -2.13. The van der Waals surface area contributed by atoms with E-state index in [1.807, 2.05) is 13.1 Å². The first-order valence-corrected chi connectivity index (χ1v) is 4.88. The maximum Gasteiger partial charge on any atom is 0.0558 e. The molecule has 0 aromatic carbocycles. The van der Waals surface area contributed by atoms with Crippen molar-refractivity contribution >= 4 is 0 Å². The van der Waals surface area contributed by atoms with Crippen molar-refractivity contribution < 1.29 is 5.11 Å². The molecule has 0 aromatic heterocycles. The van der Waals surface area contributed by atoms with E-state index in [1.54, 1.807) is 6.08 Å². The smallest absolute Gasteiger partial charge is 0.0558 e. The highest BCUT2D eigenvalue weighted by atomic mass is 16.3. The predicted octanol–water partition coefficient (Wildman–Crippen LogP) is 1.82. The van der Waals surface area contributed by atoms with Crippen LogP contribution in [0.3, 0.4) is 0 Å². The van der Waals surface area contributed by atoms with Crippen LogP contribution in [0.15, 0.2) is 24.8 Å². The first kappa shape index (κ1) is 12.4. The predicted molar refractivity (Wildman–Crippen MR) is 57.8 cm³/mol. The zero-order chi connectivity index (χ0) is 9.94. The summed E-state index contributed by atoms with van der Waals surface area (Å²) in [6, 6.07) is 0. The molecule has 0 rings (SSSR count). The van der Waals surface area contributed by atoms with Crippen LogP contribution in [0, 0.1) is 0 Å². The molecule has 0 heterocycles. The molecule has 0 saturated carbocycles. The second-order valence-corrected chi connectivity index (χ2v) is 3.19. The van der Waals surface area contributed by atoms with E-state index in [2.05, 4.69) is 17.6 Å². The summed E-state index contributed by atoms with van der Waals surface area (Å²) in [4.78, 5) is 2.15. The van der Waals surface area contributed by atoms with Crippen LogP contribution in [0.4, 0.5) is 0 Å². The van der Waals surface area contributed by atoms with E-state index in [0.717, 1.165) is 19.5 Å². The van der Waals surface area contributed by atoms with Crippen LogP contribution in [0.1, 0.15) is 19.3 Å². The fourth-order valence-corrected chi connectivity index (χ4v) is 1.12. The molecule has 0 atom stereocenters. The van der Waals surface area contributed by atoms with Gasteiger partial charge >= 0.3 is 0 Å². The minimum atomic E-state index is 0.257. The number of hydrogen-bond acceptors (Lipinski definition) is 2. The maximum atomic E-state index is 8.65. The number of rotatable bonds is 8. The zero-order valence-corrected chi connectivity index (χ0v) is 8.58. The van der Waals surface area contributed by atoms with Gasteiger partial charge in [0.15, 0.2) is 0 Å². The molecule has 0 saturated heterocycles. The number of aliphatic hydroxyl groups excluding tert-OH is 1. The fraction of sp³-hybridized carbons (Fsp3) is 0.636. The molecule has 0 aliphatic carbocycles. The molecule has 0 aromatic rings. The van der Waals surface area contributed by atoms with Crippen LogP contribution in [-0.4, -0.2) is 36.8 Å². The number of unbranched alkanes of at least 4 members (excludes halogenated alkanes) is 2. The van der Waals surface area contributed by atoms with E-state index >= 15 is 0 Å². The van der Waals surface area contributed by atoms with Crippen molar-refractivity contribution in [2.45, 2.75) is 19.3 Å². The van der Waals surface area contributed by atoms with Crippen LogP contribution in [0.5, 0.6) is 0 Å². The summed E-state index contributed by atoms with van der Waals surface area (Å²) in [5.74, 6) is 0. The number of hydrogen-bond donors (Lipinski definition) is 1. The van der Waals surface area contributed by atoms with E-state index in [-0.39, 0.29) is 6.61 Å². The Labute approximate surface area is 81.6 Å².